The van der Waals surface area contributed by atoms with E-state index in [1.807, 2.05) is 32.0 Å². The van der Waals surface area contributed by atoms with Gasteiger partial charge in [-0.1, -0.05) is 19.9 Å². The van der Waals surface area contributed by atoms with Gasteiger partial charge in [-0.15, -0.1) is 0 Å². The lowest BCUT2D eigenvalue weighted by atomic mass is 9.97. The van der Waals surface area contributed by atoms with E-state index >= 15 is 0 Å². The average Bonchev–Trinajstić information content (AvgIpc) is 2.90. The van der Waals surface area contributed by atoms with Crippen LogP contribution in [0.2, 0.25) is 0 Å². The smallest absolute Gasteiger partial charge is 0.241 e. The Balaban J connectivity index is 1.88. The molecule has 0 fully saturated rings. The molecule has 0 saturated carbocycles. The third kappa shape index (κ3) is 4.54. The van der Waals surface area contributed by atoms with Gasteiger partial charge in [0.05, 0.1) is 25.2 Å². The van der Waals surface area contributed by atoms with E-state index in [4.69, 9.17) is 14.2 Å². The number of rotatable bonds is 6. The molecule has 1 aliphatic rings. The summed E-state index contributed by atoms with van der Waals surface area (Å²) in [6, 6.07) is 11.5. The van der Waals surface area contributed by atoms with E-state index in [-0.39, 0.29) is 10.8 Å². The van der Waals surface area contributed by atoms with Crippen LogP contribution in [0, 0.1) is 5.92 Å². The van der Waals surface area contributed by atoms with Gasteiger partial charge >= 0.3 is 0 Å². The minimum Gasteiger partial charge on any atom is -0.497 e. The second kappa shape index (κ2) is 8.19. The molecule has 1 heterocycles. The molecule has 146 valence electrons. The van der Waals surface area contributed by atoms with Gasteiger partial charge in [0, 0.05) is 12.5 Å². The summed E-state index contributed by atoms with van der Waals surface area (Å²) < 4.78 is 45.0. The fraction of sp³-hybridized carbons (Fsp3) is 0.400. The Bertz CT molecular complexity index is 878. The maximum Gasteiger partial charge on any atom is 0.241 e. The first kappa shape index (κ1) is 19.5. The molecule has 7 heteroatoms. The number of fused-ring (bicyclic) bond motifs is 1. The van der Waals surface area contributed by atoms with Crippen LogP contribution in [0.3, 0.4) is 0 Å². The molecule has 0 radical (unpaired) electrons. The Kier molecular flexibility index (Phi) is 5.92. The SMILES string of the molecule is COc1ccc(S(=O)(=O)N[C@@H](c2ccc3c(c2)OCCCO3)C(C)C)cc1. The molecule has 1 N–H and O–H groups in total. The molecular formula is C20H25NO5S. The largest absolute Gasteiger partial charge is 0.497 e. The third-order valence-corrected chi connectivity index (χ3v) is 5.91. The second-order valence-corrected chi connectivity index (χ2v) is 8.49. The van der Waals surface area contributed by atoms with Crippen LogP contribution in [0.25, 0.3) is 0 Å². The minimum atomic E-state index is -3.68. The highest BCUT2D eigenvalue weighted by Crippen LogP contribution is 2.34. The summed E-state index contributed by atoms with van der Waals surface area (Å²) in [7, 11) is -2.14. The van der Waals surface area contributed by atoms with Crippen LogP contribution in [-0.4, -0.2) is 28.7 Å². The van der Waals surface area contributed by atoms with Crippen molar-refractivity contribution in [2.75, 3.05) is 20.3 Å². The van der Waals surface area contributed by atoms with Crippen molar-refractivity contribution in [2.45, 2.75) is 31.2 Å². The number of benzene rings is 2. The lowest BCUT2D eigenvalue weighted by molar-refractivity contribution is 0.297. The highest BCUT2D eigenvalue weighted by molar-refractivity contribution is 7.89. The molecule has 0 spiro atoms. The van der Waals surface area contributed by atoms with Gasteiger partial charge < -0.3 is 14.2 Å². The number of sulfonamides is 1. The monoisotopic (exact) mass is 391 g/mol. The first-order valence-corrected chi connectivity index (χ1v) is 10.4. The van der Waals surface area contributed by atoms with Crippen LogP contribution < -0.4 is 18.9 Å². The summed E-state index contributed by atoms with van der Waals surface area (Å²) in [6.07, 6.45) is 0.821. The molecule has 0 amide bonds. The number of hydrogen-bond acceptors (Lipinski definition) is 5. The van der Waals surface area contributed by atoms with Crippen LogP contribution in [0.15, 0.2) is 47.4 Å². The molecule has 0 bridgehead atoms. The van der Waals surface area contributed by atoms with Gasteiger partial charge in [-0.3, -0.25) is 0 Å². The van der Waals surface area contributed by atoms with Gasteiger partial charge in [0.2, 0.25) is 10.0 Å². The molecule has 2 aromatic rings. The Morgan fingerprint density at radius 3 is 2.30 bits per heavy atom. The van der Waals surface area contributed by atoms with Crippen LogP contribution in [-0.2, 0) is 10.0 Å². The predicted octanol–water partition coefficient (Wildman–Crippen LogP) is 3.53. The molecule has 1 aliphatic heterocycles. The summed E-state index contributed by atoms with van der Waals surface area (Å²) in [6.45, 7) is 5.15. The zero-order valence-corrected chi connectivity index (χ0v) is 16.6. The average molecular weight is 391 g/mol. The lowest BCUT2D eigenvalue weighted by Crippen LogP contribution is -2.31. The molecule has 27 heavy (non-hydrogen) atoms. The molecule has 0 saturated heterocycles. The fourth-order valence-electron chi connectivity index (χ4n) is 2.95. The van der Waals surface area contributed by atoms with Crippen LogP contribution in [0.5, 0.6) is 17.2 Å². The quantitative estimate of drug-likeness (QED) is 0.815. The Labute approximate surface area is 160 Å². The summed E-state index contributed by atoms with van der Waals surface area (Å²) in [5.74, 6) is 2.00. The number of methoxy groups -OCH3 is 1. The Morgan fingerprint density at radius 2 is 1.67 bits per heavy atom. The zero-order valence-electron chi connectivity index (χ0n) is 15.8. The van der Waals surface area contributed by atoms with Crippen molar-refractivity contribution in [1.29, 1.82) is 0 Å². The third-order valence-electron chi connectivity index (χ3n) is 4.45. The van der Waals surface area contributed by atoms with Gasteiger partial charge in [-0.2, -0.15) is 0 Å². The predicted molar refractivity (Wildman–Crippen MR) is 103 cm³/mol. The molecular weight excluding hydrogens is 366 g/mol. The van der Waals surface area contributed by atoms with E-state index in [2.05, 4.69) is 4.72 Å². The number of hydrogen-bond donors (Lipinski definition) is 1. The van der Waals surface area contributed by atoms with E-state index in [9.17, 15) is 8.42 Å². The molecule has 1 atom stereocenters. The van der Waals surface area contributed by atoms with Gasteiger partial charge in [0.15, 0.2) is 11.5 Å². The van der Waals surface area contributed by atoms with E-state index in [0.29, 0.717) is 30.5 Å². The van der Waals surface area contributed by atoms with Gasteiger partial charge in [-0.05, 0) is 47.9 Å². The Morgan fingerprint density at radius 1 is 1.00 bits per heavy atom. The number of ether oxygens (including phenoxy) is 3. The van der Waals surface area contributed by atoms with Crippen molar-refractivity contribution < 1.29 is 22.6 Å². The second-order valence-electron chi connectivity index (χ2n) is 6.78. The summed E-state index contributed by atoms with van der Waals surface area (Å²) in [5.41, 5.74) is 0.839. The van der Waals surface area contributed by atoms with Crippen LogP contribution in [0.1, 0.15) is 31.9 Å². The summed E-state index contributed by atoms with van der Waals surface area (Å²) in [4.78, 5) is 0.197. The summed E-state index contributed by atoms with van der Waals surface area (Å²) in [5, 5.41) is 0. The molecule has 0 aromatic heterocycles. The molecule has 3 rings (SSSR count). The van der Waals surface area contributed by atoms with E-state index in [1.54, 1.807) is 19.2 Å². The maximum atomic E-state index is 12.9. The Hall–Kier alpha value is -2.25. The maximum absolute atomic E-state index is 12.9. The standard InChI is InChI=1S/C20H25NO5S/c1-14(2)20(15-5-10-18-19(13-15)26-12-4-11-25-18)21-27(22,23)17-8-6-16(24-3)7-9-17/h5-10,13-14,20-21H,4,11-12H2,1-3H3/t20-/m1/s1. The van der Waals surface area contributed by atoms with E-state index < -0.39 is 16.1 Å². The highest BCUT2D eigenvalue weighted by atomic mass is 32.2. The minimum absolute atomic E-state index is 0.0442. The highest BCUT2D eigenvalue weighted by Gasteiger charge is 2.25. The molecule has 6 nitrogen and oxygen atoms in total. The molecule has 0 unspecified atom stereocenters. The van der Waals surface area contributed by atoms with Crippen molar-refractivity contribution in [1.82, 2.24) is 4.72 Å². The molecule has 0 aliphatic carbocycles. The van der Waals surface area contributed by atoms with Crippen molar-refractivity contribution in [2.24, 2.45) is 5.92 Å². The zero-order chi connectivity index (χ0) is 19.4. The van der Waals surface area contributed by atoms with E-state index in [0.717, 1.165) is 12.0 Å². The lowest BCUT2D eigenvalue weighted by Gasteiger charge is -2.24. The van der Waals surface area contributed by atoms with Crippen molar-refractivity contribution in [3.8, 4) is 17.2 Å². The topological polar surface area (TPSA) is 73.9 Å². The fourth-order valence-corrected chi connectivity index (χ4v) is 4.33. The van der Waals surface area contributed by atoms with Gasteiger partial charge in [0.1, 0.15) is 5.75 Å². The van der Waals surface area contributed by atoms with Crippen LogP contribution >= 0.6 is 0 Å². The van der Waals surface area contributed by atoms with Crippen molar-refractivity contribution >= 4 is 10.0 Å². The first-order valence-electron chi connectivity index (χ1n) is 8.96. The van der Waals surface area contributed by atoms with Gasteiger partial charge in [-0.25, -0.2) is 13.1 Å². The summed E-state index contributed by atoms with van der Waals surface area (Å²) >= 11 is 0. The van der Waals surface area contributed by atoms with Crippen molar-refractivity contribution in [3.05, 3.63) is 48.0 Å². The first-order chi connectivity index (χ1) is 12.9. The van der Waals surface area contributed by atoms with Gasteiger partial charge in [0.25, 0.3) is 0 Å². The molecule has 2 aromatic carbocycles. The van der Waals surface area contributed by atoms with Crippen molar-refractivity contribution in [3.63, 3.8) is 0 Å². The normalized spacial score (nSPS) is 15.3. The number of nitrogens with one attached hydrogen (secondary N) is 1. The van der Waals surface area contributed by atoms with Crippen LogP contribution in [0.4, 0.5) is 0 Å². The van der Waals surface area contributed by atoms with E-state index in [1.165, 1.54) is 12.1 Å².